The van der Waals surface area contributed by atoms with Gasteiger partial charge in [0.2, 0.25) is 5.91 Å². The molecule has 0 aromatic heterocycles. The second-order valence-corrected chi connectivity index (χ2v) is 17.1. The van der Waals surface area contributed by atoms with Crippen LogP contribution in [0.2, 0.25) is 0 Å². The standard InChI is InChI=1S/C19H19N3O2.C19H19N3O.C18H17N3O2/c1-24-18-5-3-2-4-17(18)14-6-8-15(9-7-14)19(23)21-16-10-11-22(12-16)13-20;20-14-22-11-10-18(13-22)21-19(23)12-15-6-8-17(9-7-15)16-4-2-1-3-5-16;19-13-21-11-10-15(12-21)20-18(22)14-6-8-17(9-7-14)23-16-4-2-1-3-5-16/h2-9,16H,10-12H2,1H3,(H,21,23);1-9,18H,10-13H2,(H,21,23);1-9,15H,10-12H2,(H,20,22). The van der Waals surface area contributed by atoms with Gasteiger partial charge in [0.25, 0.3) is 11.8 Å². The summed E-state index contributed by atoms with van der Waals surface area (Å²) >= 11 is 0. The van der Waals surface area contributed by atoms with Gasteiger partial charge in [-0.15, -0.1) is 0 Å². The molecule has 3 aliphatic heterocycles. The zero-order valence-corrected chi connectivity index (χ0v) is 39.0. The first kappa shape index (κ1) is 49.1. The van der Waals surface area contributed by atoms with Gasteiger partial charge < -0.3 is 40.1 Å². The lowest BCUT2D eigenvalue weighted by Gasteiger charge is -2.13. The fraction of sp³-hybridized carbons (Fsp3) is 0.250. The Morgan fingerprint density at radius 2 is 0.943 bits per heavy atom. The van der Waals surface area contributed by atoms with Crippen LogP contribution in [0.5, 0.6) is 17.2 Å². The third kappa shape index (κ3) is 14.1. The number of para-hydroxylation sites is 2. The van der Waals surface area contributed by atoms with E-state index >= 15 is 0 Å². The van der Waals surface area contributed by atoms with Gasteiger partial charge in [-0.3, -0.25) is 14.4 Å². The van der Waals surface area contributed by atoms with Crippen LogP contribution in [0.4, 0.5) is 0 Å². The van der Waals surface area contributed by atoms with Crippen molar-refractivity contribution in [3.05, 3.63) is 174 Å². The number of hydrogen-bond acceptors (Lipinski definition) is 11. The summed E-state index contributed by atoms with van der Waals surface area (Å²) < 4.78 is 11.1. The zero-order chi connectivity index (χ0) is 49.1. The number of nitrogens with zero attached hydrogens (tertiary/aromatic N) is 6. The summed E-state index contributed by atoms with van der Waals surface area (Å²) in [5, 5.41) is 35.5. The van der Waals surface area contributed by atoms with Gasteiger partial charge in [0, 0.05) is 74.1 Å². The highest BCUT2D eigenvalue weighted by molar-refractivity contribution is 5.95. The number of benzene rings is 6. The fourth-order valence-corrected chi connectivity index (χ4v) is 8.34. The molecule has 0 saturated carbocycles. The number of likely N-dealkylation sites (tertiary alicyclic amines) is 3. The van der Waals surface area contributed by atoms with Crippen LogP contribution < -0.4 is 25.4 Å². The van der Waals surface area contributed by atoms with Crippen molar-refractivity contribution in [3.63, 3.8) is 0 Å². The number of carbonyl (C=O) groups excluding carboxylic acids is 3. The van der Waals surface area contributed by atoms with Crippen LogP contribution in [0.1, 0.15) is 45.5 Å². The Kier molecular flexibility index (Phi) is 17.4. The maximum absolute atomic E-state index is 12.3. The molecule has 6 aromatic carbocycles. The minimum Gasteiger partial charge on any atom is -0.496 e. The predicted molar refractivity (Wildman–Crippen MR) is 267 cm³/mol. The van der Waals surface area contributed by atoms with Crippen molar-refractivity contribution in [3.8, 4) is 58.1 Å². The van der Waals surface area contributed by atoms with Crippen molar-refractivity contribution in [2.45, 2.75) is 43.8 Å². The van der Waals surface area contributed by atoms with Gasteiger partial charge >= 0.3 is 0 Å². The molecule has 0 aliphatic carbocycles. The molecule has 3 saturated heterocycles. The van der Waals surface area contributed by atoms with E-state index in [-0.39, 0.29) is 35.8 Å². The van der Waals surface area contributed by atoms with Crippen molar-refractivity contribution in [2.24, 2.45) is 0 Å². The Morgan fingerprint density at radius 3 is 1.44 bits per heavy atom. The smallest absolute Gasteiger partial charge is 0.251 e. The summed E-state index contributed by atoms with van der Waals surface area (Å²) in [5.41, 5.74) is 6.51. The number of amides is 3. The molecular weight excluding hydrogens is 879 g/mol. The molecule has 3 unspecified atom stereocenters. The van der Waals surface area contributed by atoms with Crippen molar-refractivity contribution in [1.82, 2.24) is 30.7 Å². The predicted octanol–water partition coefficient (Wildman–Crippen LogP) is 7.98. The number of carbonyl (C=O) groups is 3. The number of nitrogens with one attached hydrogen (secondary N) is 3. The van der Waals surface area contributed by atoms with Crippen molar-refractivity contribution in [2.75, 3.05) is 46.4 Å². The SMILES string of the molecule is COc1ccccc1-c1ccc(C(=O)NC2CCN(C#N)C2)cc1.N#CN1CCC(NC(=O)Cc2ccc(-c3ccccc3)cc2)C1.N#CN1CCC(NC(=O)c2ccc(Oc3ccccc3)cc2)C1. The molecule has 0 bridgehead atoms. The lowest BCUT2D eigenvalue weighted by molar-refractivity contribution is -0.121. The summed E-state index contributed by atoms with van der Waals surface area (Å²) in [4.78, 5) is 41.6. The van der Waals surface area contributed by atoms with Crippen LogP contribution in [0.15, 0.2) is 158 Å². The number of ether oxygens (including phenoxy) is 2. The average Bonchev–Trinajstić information content (AvgIpc) is 4.19. The molecule has 3 atom stereocenters. The molecule has 70 heavy (non-hydrogen) atoms. The first-order chi connectivity index (χ1) is 34.2. The van der Waals surface area contributed by atoms with Crippen LogP contribution in [0.25, 0.3) is 22.3 Å². The van der Waals surface area contributed by atoms with E-state index in [0.29, 0.717) is 56.0 Å². The lowest BCUT2D eigenvalue weighted by Crippen LogP contribution is -2.37. The zero-order valence-electron chi connectivity index (χ0n) is 39.0. The topological polar surface area (TPSA) is 187 Å². The first-order valence-electron chi connectivity index (χ1n) is 23.3. The third-order valence-electron chi connectivity index (χ3n) is 12.1. The van der Waals surface area contributed by atoms with E-state index in [9.17, 15) is 14.4 Å². The number of rotatable bonds is 12. The molecule has 354 valence electrons. The minimum absolute atomic E-state index is 0.0160. The van der Waals surface area contributed by atoms with E-state index in [1.807, 2.05) is 121 Å². The number of nitriles is 3. The van der Waals surface area contributed by atoms with Crippen LogP contribution in [0, 0.1) is 34.4 Å². The number of hydrogen-bond donors (Lipinski definition) is 3. The molecule has 3 aliphatic rings. The molecule has 14 heteroatoms. The summed E-state index contributed by atoms with van der Waals surface area (Å²) in [5.74, 6) is 2.03. The summed E-state index contributed by atoms with van der Waals surface area (Å²) in [6.07, 6.45) is 9.15. The monoisotopic (exact) mass is 933 g/mol. The molecule has 3 fully saturated rings. The second-order valence-electron chi connectivity index (χ2n) is 17.1. The fourth-order valence-electron chi connectivity index (χ4n) is 8.34. The van der Waals surface area contributed by atoms with Gasteiger partial charge in [0.1, 0.15) is 17.2 Å². The minimum atomic E-state index is -0.124. The molecule has 3 amide bonds. The Labute approximate surface area is 409 Å². The molecule has 14 nitrogen and oxygen atoms in total. The maximum atomic E-state index is 12.3. The summed E-state index contributed by atoms with van der Waals surface area (Å²) in [6.45, 7) is 3.92. The van der Waals surface area contributed by atoms with E-state index in [0.717, 1.165) is 59.6 Å². The Hall–Kier alpha value is -8.80. The van der Waals surface area contributed by atoms with Crippen molar-refractivity contribution in [1.29, 1.82) is 15.8 Å². The molecule has 9 rings (SSSR count). The molecule has 3 N–H and O–H groups in total. The quantitative estimate of drug-likeness (QED) is 0.101. The highest BCUT2D eigenvalue weighted by Crippen LogP contribution is 2.30. The summed E-state index contributed by atoms with van der Waals surface area (Å²) in [6, 6.07) is 50.2. The Balaban J connectivity index is 0.000000155. The van der Waals surface area contributed by atoms with Crippen LogP contribution >= 0.6 is 0 Å². The molecular formula is C56H55N9O5. The van der Waals surface area contributed by atoms with E-state index in [1.54, 1.807) is 46.1 Å². The lowest BCUT2D eigenvalue weighted by atomic mass is 10.0. The Morgan fingerprint density at radius 1 is 0.514 bits per heavy atom. The van der Waals surface area contributed by atoms with Gasteiger partial charge in [-0.2, -0.15) is 15.8 Å². The van der Waals surface area contributed by atoms with Crippen molar-refractivity contribution >= 4 is 17.7 Å². The first-order valence-corrected chi connectivity index (χ1v) is 23.3. The molecule has 0 spiro atoms. The van der Waals surface area contributed by atoms with Gasteiger partial charge in [0.05, 0.1) is 13.5 Å². The highest BCUT2D eigenvalue weighted by Gasteiger charge is 2.25. The van der Waals surface area contributed by atoms with Crippen LogP contribution in [-0.2, 0) is 11.2 Å². The molecule has 3 heterocycles. The van der Waals surface area contributed by atoms with E-state index in [1.165, 1.54) is 5.56 Å². The van der Waals surface area contributed by atoms with E-state index in [2.05, 4.69) is 46.7 Å². The average molecular weight is 934 g/mol. The molecule has 0 radical (unpaired) electrons. The van der Waals surface area contributed by atoms with Gasteiger partial charge in [-0.1, -0.05) is 103 Å². The third-order valence-corrected chi connectivity index (χ3v) is 12.1. The van der Waals surface area contributed by atoms with Gasteiger partial charge in [0.15, 0.2) is 18.6 Å². The van der Waals surface area contributed by atoms with Gasteiger partial charge in [-0.25, -0.2) is 0 Å². The number of methoxy groups -OCH3 is 1. The largest absolute Gasteiger partial charge is 0.496 e. The maximum Gasteiger partial charge on any atom is 0.251 e. The highest BCUT2D eigenvalue weighted by atomic mass is 16.5. The van der Waals surface area contributed by atoms with Crippen LogP contribution in [-0.4, -0.2) is 96.9 Å². The molecule has 6 aromatic rings. The van der Waals surface area contributed by atoms with E-state index in [4.69, 9.17) is 25.3 Å². The van der Waals surface area contributed by atoms with Crippen molar-refractivity contribution < 1.29 is 23.9 Å². The van der Waals surface area contributed by atoms with Crippen LogP contribution in [0.3, 0.4) is 0 Å². The summed E-state index contributed by atoms with van der Waals surface area (Å²) in [7, 11) is 1.65. The van der Waals surface area contributed by atoms with E-state index < -0.39 is 0 Å². The van der Waals surface area contributed by atoms with Gasteiger partial charge in [-0.05, 0) is 96.1 Å². The second kappa shape index (κ2) is 24.8. The normalized spacial score (nSPS) is 16.7. The Bertz CT molecular complexity index is 2790.